The predicted molar refractivity (Wildman–Crippen MR) is 78.1 cm³/mol. The molecule has 0 aromatic carbocycles. The molecule has 0 radical (unpaired) electrons. The van der Waals surface area contributed by atoms with Gasteiger partial charge in [0, 0.05) is 18.1 Å². The van der Waals surface area contributed by atoms with E-state index in [4.69, 9.17) is 0 Å². The van der Waals surface area contributed by atoms with Crippen LogP contribution in [0.15, 0.2) is 0 Å². The number of carbonyl (C=O) groups excluding carboxylic acids is 1. The van der Waals surface area contributed by atoms with Gasteiger partial charge in [-0.1, -0.05) is 19.3 Å². The Morgan fingerprint density at radius 1 is 1.32 bits per heavy atom. The summed E-state index contributed by atoms with van der Waals surface area (Å²) in [6.45, 7) is 6.22. The fourth-order valence-electron chi connectivity index (χ4n) is 3.72. The van der Waals surface area contributed by atoms with E-state index in [9.17, 15) is 4.79 Å². The summed E-state index contributed by atoms with van der Waals surface area (Å²) >= 11 is 0. The predicted octanol–water partition coefficient (Wildman–Crippen LogP) is 1.51. The van der Waals surface area contributed by atoms with Gasteiger partial charge < -0.3 is 10.6 Å². The normalized spacial score (nSPS) is 29.2. The van der Waals surface area contributed by atoms with Crippen molar-refractivity contribution in [2.24, 2.45) is 0 Å². The molecule has 1 saturated carbocycles. The topological polar surface area (TPSA) is 44.4 Å². The second-order valence-electron chi connectivity index (χ2n) is 6.64. The maximum Gasteiger partial charge on any atom is 0.237 e. The lowest BCUT2D eigenvalue weighted by molar-refractivity contribution is -0.138. The maximum absolute atomic E-state index is 12.3. The first-order valence-electron chi connectivity index (χ1n) is 7.77. The van der Waals surface area contributed by atoms with E-state index >= 15 is 0 Å². The van der Waals surface area contributed by atoms with Gasteiger partial charge in [-0.25, -0.2) is 0 Å². The first-order valence-corrected chi connectivity index (χ1v) is 7.77. The number of amides is 1. The van der Waals surface area contributed by atoms with Crippen molar-refractivity contribution in [2.75, 3.05) is 20.1 Å². The number of piperazine rings is 1. The van der Waals surface area contributed by atoms with Crippen LogP contribution in [0.2, 0.25) is 0 Å². The Bertz CT molecular complexity index is 311. The van der Waals surface area contributed by atoms with Crippen LogP contribution in [0.25, 0.3) is 0 Å². The van der Waals surface area contributed by atoms with Gasteiger partial charge in [0.2, 0.25) is 5.91 Å². The third-order valence-electron chi connectivity index (χ3n) is 4.67. The molecule has 4 heteroatoms. The summed E-state index contributed by atoms with van der Waals surface area (Å²) < 4.78 is 0. The highest BCUT2D eigenvalue weighted by Crippen LogP contribution is 2.32. The molecule has 1 amide bonds. The van der Waals surface area contributed by atoms with Crippen molar-refractivity contribution in [1.82, 2.24) is 15.5 Å². The van der Waals surface area contributed by atoms with Crippen molar-refractivity contribution in [2.45, 2.75) is 70.0 Å². The molecule has 110 valence electrons. The summed E-state index contributed by atoms with van der Waals surface area (Å²) in [5.74, 6) is 0.222. The van der Waals surface area contributed by atoms with Gasteiger partial charge in [0.05, 0.1) is 6.04 Å². The van der Waals surface area contributed by atoms with E-state index in [1.54, 1.807) is 0 Å². The van der Waals surface area contributed by atoms with Crippen molar-refractivity contribution in [3.05, 3.63) is 0 Å². The van der Waals surface area contributed by atoms with Gasteiger partial charge in [0.25, 0.3) is 0 Å². The molecule has 2 N–H and O–H groups in total. The summed E-state index contributed by atoms with van der Waals surface area (Å²) in [5, 5.41) is 6.27. The van der Waals surface area contributed by atoms with E-state index in [2.05, 4.69) is 29.4 Å². The van der Waals surface area contributed by atoms with Crippen LogP contribution in [0, 0.1) is 0 Å². The smallest absolute Gasteiger partial charge is 0.237 e. The molecule has 19 heavy (non-hydrogen) atoms. The van der Waals surface area contributed by atoms with Crippen LogP contribution in [0.1, 0.15) is 52.4 Å². The fourth-order valence-corrected chi connectivity index (χ4v) is 3.72. The first kappa shape index (κ1) is 14.8. The van der Waals surface area contributed by atoms with E-state index in [0.717, 1.165) is 19.5 Å². The molecule has 1 saturated heterocycles. The van der Waals surface area contributed by atoms with Gasteiger partial charge in [0.15, 0.2) is 0 Å². The van der Waals surface area contributed by atoms with Crippen LogP contribution in [-0.4, -0.2) is 48.6 Å². The Hall–Kier alpha value is -0.610. The lowest BCUT2D eigenvalue weighted by Crippen LogP contribution is -2.68. The van der Waals surface area contributed by atoms with E-state index in [1.165, 1.54) is 32.1 Å². The molecule has 0 spiro atoms. The number of rotatable bonds is 4. The van der Waals surface area contributed by atoms with Crippen molar-refractivity contribution in [3.63, 3.8) is 0 Å². The quantitative estimate of drug-likeness (QED) is 0.811. The third-order valence-corrected chi connectivity index (χ3v) is 4.67. The molecule has 1 heterocycles. The zero-order valence-electron chi connectivity index (χ0n) is 12.7. The van der Waals surface area contributed by atoms with Gasteiger partial charge in [-0.05, 0) is 46.7 Å². The zero-order valence-corrected chi connectivity index (χ0v) is 12.7. The second-order valence-corrected chi connectivity index (χ2v) is 6.64. The number of hydrogen-bond acceptors (Lipinski definition) is 3. The van der Waals surface area contributed by atoms with Crippen LogP contribution >= 0.6 is 0 Å². The van der Waals surface area contributed by atoms with Crippen LogP contribution in [-0.2, 0) is 4.79 Å². The Labute approximate surface area is 117 Å². The van der Waals surface area contributed by atoms with E-state index in [-0.39, 0.29) is 17.5 Å². The molecule has 1 atom stereocenters. The fraction of sp³-hybridized carbons (Fsp3) is 0.933. The van der Waals surface area contributed by atoms with Crippen LogP contribution in [0.5, 0.6) is 0 Å². The van der Waals surface area contributed by atoms with Crippen LogP contribution in [0.4, 0.5) is 0 Å². The molecule has 0 aromatic heterocycles. The molecule has 1 unspecified atom stereocenters. The van der Waals surface area contributed by atoms with E-state index in [0.29, 0.717) is 6.04 Å². The van der Waals surface area contributed by atoms with E-state index in [1.807, 2.05) is 7.05 Å². The standard InChI is InChI=1S/C15H29N3O/c1-15(2)11-17-14(19)13(9-10-16-3)18(15)12-7-5-4-6-8-12/h12-13,16H,4-11H2,1-3H3,(H,17,19). The molecular formula is C15H29N3O. The summed E-state index contributed by atoms with van der Waals surface area (Å²) in [6, 6.07) is 0.635. The van der Waals surface area contributed by atoms with E-state index < -0.39 is 0 Å². The highest BCUT2D eigenvalue weighted by Gasteiger charge is 2.44. The van der Waals surface area contributed by atoms with Gasteiger partial charge in [-0.3, -0.25) is 9.69 Å². The summed E-state index contributed by atoms with van der Waals surface area (Å²) in [5.41, 5.74) is 0.0777. The molecule has 0 bridgehead atoms. The minimum Gasteiger partial charge on any atom is -0.353 e. The highest BCUT2D eigenvalue weighted by molar-refractivity contribution is 5.83. The first-order chi connectivity index (χ1) is 9.06. The van der Waals surface area contributed by atoms with Crippen molar-refractivity contribution in [3.8, 4) is 0 Å². The maximum atomic E-state index is 12.3. The zero-order chi connectivity index (χ0) is 13.9. The molecule has 4 nitrogen and oxygen atoms in total. The lowest BCUT2D eigenvalue weighted by atomic mass is 9.86. The number of nitrogens with zero attached hydrogens (tertiary/aromatic N) is 1. The lowest BCUT2D eigenvalue weighted by Gasteiger charge is -2.52. The highest BCUT2D eigenvalue weighted by atomic mass is 16.2. The average molecular weight is 267 g/mol. The monoisotopic (exact) mass is 267 g/mol. The minimum absolute atomic E-state index is 0.0410. The largest absolute Gasteiger partial charge is 0.353 e. The van der Waals surface area contributed by atoms with Gasteiger partial charge >= 0.3 is 0 Å². The Kier molecular flexibility index (Phi) is 4.85. The second kappa shape index (κ2) is 6.23. The van der Waals surface area contributed by atoms with Crippen LogP contribution in [0.3, 0.4) is 0 Å². The Morgan fingerprint density at radius 3 is 2.63 bits per heavy atom. The van der Waals surface area contributed by atoms with Gasteiger partial charge in [-0.15, -0.1) is 0 Å². The summed E-state index contributed by atoms with van der Waals surface area (Å²) in [6.07, 6.45) is 7.41. The van der Waals surface area contributed by atoms with Crippen molar-refractivity contribution >= 4 is 5.91 Å². The molecule has 2 aliphatic rings. The molecule has 1 aliphatic heterocycles. The summed E-state index contributed by atoms with van der Waals surface area (Å²) in [7, 11) is 1.96. The average Bonchev–Trinajstić information content (AvgIpc) is 2.40. The van der Waals surface area contributed by atoms with Crippen molar-refractivity contribution in [1.29, 1.82) is 0 Å². The number of carbonyl (C=O) groups is 1. The molecule has 0 aromatic rings. The number of nitrogens with one attached hydrogen (secondary N) is 2. The molecule has 2 rings (SSSR count). The van der Waals surface area contributed by atoms with Crippen LogP contribution < -0.4 is 10.6 Å². The molecular weight excluding hydrogens is 238 g/mol. The SMILES string of the molecule is CNCCC1C(=O)NCC(C)(C)N1C1CCCCC1. The Morgan fingerprint density at radius 2 is 2.00 bits per heavy atom. The minimum atomic E-state index is 0.0410. The molecule has 2 fully saturated rings. The Balaban J connectivity index is 2.16. The summed E-state index contributed by atoms with van der Waals surface area (Å²) in [4.78, 5) is 14.8. The number of hydrogen-bond donors (Lipinski definition) is 2. The third kappa shape index (κ3) is 3.29. The molecule has 1 aliphatic carbocycles. The van der Waals surface area contributed by atoms with Gasteiger partial charge in [0.1, 0.15) is 0 Å². The van der Waals surface area contributed by atoms with Gasteiger partial charge in [-0.2, -0.15) is 0 Å². The van der Waals surface area contributed by atoms with Crippen molar-refractivity contribution < 1.29 is 4.79 Å².